The molecule has 340 valence electrons. The fourth-order valence-electron chi connectivity index (χ4n) is 5.98. The van der Waals surface area contributed by atoms with Gasteiger partial charge in [-0.3, -0.25) is 28.8 Å². The maximum atomic E-state index is 14.1. The number of esters is 1. The predicted molar refractivity (Wildman–Crippen MR) is 206 cm³/mol. The SMILES string of the molecule is CC[C@@H](C)[C@@H]1OC(=O)[C@H](C(C)C)N(C)C(=O)[C@H](COP(=O)([O-])[O-])NC(=O)[C@H]([C@H](C)C(N)=O)NC(=O)[C@@H]([C@H](C)OC(N)=O)NC(=O)[C@H](O)CNC(=O)/C=C/C=C/C[C@H](O)[C@H]1C. The van der Waals surface area contributed by atoms with Crippen LogP contribution in [0.25, 0.3) is 0 Å². The third-order valence-electron chi connectivity index (χ3n) is 9.76. The molecule has 0 spiro atoms. The van der Waals surface area contributed by atoms with Gasteiger partial charge in [0.05, 0.1) is 33.0 Å². The lowest BCUT2D eigenvalue weighted by Gasteiger charge is -2.37. The second-order valence-electron chi connectivity index (χ2n) is 14.7. The summed E-state index contributed by atoms with van der Waals surface area (Å²) in [5, 5.41) is 30.2. The largest absolute Gasteiger partial charge is 0.790 e. The molecular weight excluding hydrogens is 817 g/mol. The summed E-state index contributed by atoms with van der Waals surface area (Å²) in [5.74, 6) is -11.5. The van der Waals surface area contributed by atoms with Crippen molar-refractivity contribution in [2.75, 3.05) is 20.2 Å². The number of nitrogens with one attached hydrogen (secondary N) is 4. The van der Waals surface area contributed by atoms with Gasteiger partial charge in [0.15, 0.2) is 0 Å². The van der Waals surface area contributed by atoms with Crippen LogP contribution >= 0.6 is 7.82 Å². The first kappa shape index (κ1) is 53.1. The van der Waals surface area contributed by atoms with Crippen LogP contribution < -0.4 is 42.5 Å². The number of aliphatic hydroxyl groups is 2. The van der Waals surface area contributed by atoms with Gasteiger partial charge in [0.1, 0.15) is 42.5 Å². The van der Waals surface area contributed by atoms with Crippen LogP contribution in [0.5, 0.6) is 0 Å². The third kappa shape index (κ3) is 17.0. The normalized spacial score (nSPS) is 29.1. The van der Waals surface area contributed by atoms with Gasteiger partial charge in [0.25, 0.3) is 5.91 Å². The number of likely N-dealkylation sites (N-methyl/N-ethyl adjacent to an activating group) is 1. The Bertz CT molecular complexity index is 1650. The second-order valence-corrected chi connectivity index (χ2v) is 15.9. The van der Waals surface area contributed by atoms with E-state index in [1.807, 2.05) is 6.92 Å². The van der Waals surface area contributed by atoms with E-state index >= 15 is 0 Å². The quantitative estimate of drug-likeness (QED) is 0.0774. The minimum absolute atomic E-state index is 0.0369. The molecule has 0 aromatic heterocycles. The Balaban J connectivity index is 3.92. The number of allylic oxidation sites excluding steroid dienone is 2. The summed E-state index contributed by atoms with van der Waals surface area (Å²) < 4.78 is 26.7. The summed E-state index contributed by atoms with van der Waals surface area (Å²) in [5.41, 5.74) is 10.5. The summed E-state index contributed by atoms with van der Waals surface area (Å²) in [6.07, 6.45) is -1.19. The monoisotopic (exact) mass is 875 g/mol. The van der Waals surface area contributed by atoms with Gasteiger partial charge in [-0.25, -0.2) is 9.59 Å². The molecule has 11 atom stereocenters. The highest BCUT2D eigenvalue weighted by Crippen LogP contribution is 2.27. The van der Waals surface area contributed by atoms with Crippen molar-refractivity contribution in [2.45, 2.75) is 110 Å². The van der Waals surface area contributed by atoms with Crippen molar-refractivity contribution in [2.24, 2.45) is 35.1 Å². The number of carbonyl (C=O) groups is 8. The summed E-state index contributed by atoms with van der Waals surface area (Å²) >= 11 is 0. The van der Waals surface area contributed by atoms with Crippen molar-refractivity contribution >= 4 is 55.3 Å². The molecule has 60 heavy (non-hydrogen) atoms. The van der Waals surface area contributed by atoms with Crippen molar-refractivity contribution in [1.29, 1.82) is 0 Å². The van der Waals surface area contributed by atoms with Gasteiger partial charge in [0.2, 0.25) is 29.5 Å². The van der Waals surface area contributed by atoms with Crippen LogP contribution in [0.3, 0.4) is 0 Å². The van der Waals surface area contributed by atoms with Crippen molar-refractivity contribution in [3.8, 4) is 0 Å². The lowest BCUT2D eigenvalue weighted by atomic mass is 9.86. The van der Waals surface area contributed by atoms with Crippen molar-refractivity contribution in [3.05, 3.63) is 24.3 Å². The summed E-state index contributed by atoms with van der Waals surface area (Å²) in [4.78, 5) is 129. The minimum atomic E-state index is -5.83. The van der Waals surface area contributed by atoms with Crippen LogP contribution in [0, 0.1) is 23.7 Å². The molecule has 1 heterocycles. The van der Waals surface area contributed by atoms with Gasteiger partial charge in [0, 0.05) is 19.0 Å². The number of hydrogen-bond acceptors (Lipinski definition) is 16. The van der Waals surface area contributed by atoms with Gasteiger partial charge in [-0.05, 0) is 25.2 Å². The van der Waals surface area contributed by atoms with E-state index in [0.717, 1.165) is 31.9 Å². The van der Waals surface area contributed by atoms with Crippen LogP contribution in [0.15, 0.2) is 24.3 Å². The molecule has 1 rings (SSSR count). The highest BCUT2D eigenvalue weighted by molar-refractivity contribution is 7.43. The zero-order valence-corrected chi connectivity index (χ0v) is 35.6. The fraction of sp³-hybridized carbons (Fsp3) is 0.667. The second kappa shape index (κ2) is 24.4. The number of cyclic esters (lactones) is 1. The third-order valence-corrected chi connectivity index (χ3v) is 10.2. The first-order chi connectivity index (χ1) is 27.7. The molecular formula is C36H58N7O16P-2. The van der Waals surface area contributed by atoms with E-state index in [-0.39, 0.29) is 12.3 Å². The van der Waals surface area contributed by atoms with E-state index < -0.39 is 135 Å². The Labute approximate surface area is 347 Å². The zero-order chi connectivity index (χ0) is 46.2. The lowest BCUT2D eigenvalue weighted by molar-refractivity contribution is -0.341. The molecule has 0 aromatic rings. The van der Waals surface area contributed by atoms with E-state index in [1.54, 1.807) is 27.7 Å². The molecule has 0 saturated heterocycles. The number of primary amides is 2. The number of aliphatic hydroxyl groups excluding tert-OH is 2. The Morgan fingerprint density at radius 3 is 2.08 bits per heavy atom. The molecule has 0 bridgehead atoms. The number of ether oxygens (including phenoxy) is 2. The van der Waals surface area contributed by atoms with Crippen LogP contribution in [0.4, 0.5) is 4.79 Å². The highest BCUT2D eigenvalue weighted by atomic mass is 31.2. The topological polar surface area (TPSA) is 371 Å². The molecule has 24 heteroatoms. The molecule has 0 aromatic carbocycles. The number of hydrogen-bond donors (Lipinski definition) is 8. The molecule has 1 aliphatic heterocycles. The standard InChI is InChI=1S/C36H60N7O16P/c1-9-18(4)29-19(5)23(44)13-11-10-12-14-25(46)39-15-24(45)31(48)42-27(21(7)58-36(38)53)33(50)41-26(20(6)30(37)47)32(49)40-22(16-57-60(54,55)56)34(51)43(8)28(17(2)3)35(52)59-29/h10-12,14,17-24,26-29,44-45H,9,13,15-16H2,1-8H3,(H2,37,47)(H2,38,53)(H,39,46)(H,40,49)(H,41,50)(H,42,48)(H2,54,55,56)/p-2/b11-10+,14-12+/t18-,19-,20+,21+,22+,23+,24-,26+,27-,28+,29+/m1/s1. The fourth-order valence-corrected chi connectivity index (χ4v) is 6.32. The molecule has 10 N–H and O–H groups in total. The highest BCUT2D eigenvalue weighted by Gasteiger charge is 2.41. The van der Waals surface area contributed by atoms with Crippen LogP contribution in [-0.4, -0.2) is 131 Å². The average molecular weight is 876 g/mol. The molecule has 0 unspecified atom stereocenters. The first-order valence-corrected chi connectivity index (χ1v) is 20.5. The first-order valence-electron chi connectivity index (χ1n) is 19.0. The van der Waals surface area contributed by atoms with Crippen molar-refractivity contribution < 1.29 is 76.9 Å². The van der Waals surface area contributed by atoms with Gasteiger partial charge >= 0.3 is 12.1 Å². The van der Waals surface area contributed by atoms with E-state index in [2.05, 4.69) is 25.8 Å². The van der Waals surface area contributed by atoms with Gasteiger partial charge in [-0.15, -0.1) is 0 Å². The number of carbonyl (C=O) groups excluding carboxylic acids is 8. The summed E-state index contributed by atoms with van der Waals surface area (Å²) in [7, 11) is -4.70. The van der Waals surface area contributed by atoms with Gasteiger partial charge in [-0.1, -0.05) is 66.2 Å². The molecule has 23 nitrogen and oxygen atoms in total. The number of rotatable bonds is 10. The minimum Gasteiger partial charge on any atom is -0.790 e. The van der Waals surface area contributed by atoms with E-state index in [9.17, 15) is 62.9 Å². The average Bonchev–Trinajstić information content (AvgIpc) is 3.15. The summed E-state index contributed by atoms with van der Waals surface area (Å²) in [6.45, 7) is 8.47. The van der Waals surface area contributed by atoms with Crippen LogP contribution in [-0.2, 0) is 52.1 Å². The van der Waals surface area contributed by atoms with Crippen molar-refractivity contribution in [3.63, 3.8) is 0 Å². The molecule has 0 aliphatic carbocycles. The van der Waals surface area contributed by atoms with Gasteiger partial charge in [-0.2, -0.15) is 0 Å². The number of phosphoric ester groups is 1. The van der Waals surface area contributed by atoms with Crippen LogP contribution in [0.2, 0.25) is 0 Å². The number of β-amino-alcohol motifs (C(OH)–C–C–N with tert-alkyl or cyclic N) is 1. The number of phosphoric acid groups is 1. The Morgan fingerprint density at radius 2 is 1.55 bits per heavy atom. The number of amides is 7. The van der Waals surface area contributed by atoms with Gasteiger partial charge < -0.3 is 76.2 Å². The molecule has 0 radical (unpaired) electrons. The maximum Gasteiger partial charge on any atom is 0.404 e. The van der Waals surface area contributed by atoms with E-state index in [0.29, 0.717) is 6.42 Å². The predicted octanol–water partition coefficient (Wildman–Crippen LogP) is -3.68. The Morgan fingerprint density at radius 1 is 0.967 bits per heavy atom. The number of nitrogens with two attached hydrogens (primary N) is 2. The summed E-state index contributed by atoms with van der Waals surface area (Å²) in [6, 6.07) is -7.56. The Kier molecular flexibility index (Phi) is 21.6. The zero-order valence-electron chi connectivity index (χ0n) is 34.7. The maximum absolute atomic E-state index is 14.1. The molecule has 0 fully saturated rings. The molecule has 0 saturated carbocycles. The van der Waals surface area contributed by atoms with E-state index in [4.69, 9.17) is 20.9 Å². The smallest absolute Gasteiger partial charge is 0.404 e. The van der Waals surface area contributed by atoms with Crippen molar-refractivity contribution in [1.82, 2.24) is 26.2 Å². The molecule has 7 amide bonds. The Hall–Kier alpha value is -4.93. The lowest BCUT2D eigenvalue weighted by Crippen LogP contribution is -2.63. The number of nitrogens with zero attached hydrogens (tertiary/aromatic N) is 1. The molecule has 1 aliphatic rings. The van der Waals surface area contributed by atoms with Crippen LogP contribution in [0.1, 0.15) is 61.3 Å². The van der Waals surface area contributed by atoms with E-state index in [1.165, 1.54) is 18.2 Å².